The van der Waals surface area contributed by atoms with Crippen molar-refractivity contribution in [3.05, 3.63) is 47.5 Å². The van der Waals surface area contributed by atoms with Crippen molar-refractivity contribution in [2.45, 2.75) is 38.8 Å². The molecule has 0 saturated carbocycles. The van der Waals surface area contributed by atoms with E-state index in [4.69, 9.17) is 0 Å². The van der Waals surface area contributed by atoms with E-state index in [1.807, 2.05) is 11.6 Å². The lowest BCUT2D eigenvalue weighted by atomic mass is 10.1. The Balaban J connectivity index is 0.00000243. The van der Waals surface area contributed by atoms with Crippen LogP contribution in [-0.4, -0.2) is 39.9 Å². The van der Waals surface area contributed by atoms with Gasteiger partial charge in [0.25, 0.3) is 0 Å². The smallest absolute Gasteiger partial charge is 0.191 e. The summed E-state index contributed by atoms with van der Waals surface area (Å²) in [4.78, 5) is 8.69. The molecule has 9 heteroatoms. The number of hydrogen-bond acceptors (Lipinski definition) is 3. The van der Waals surface area contributed by atoms with Gasteiger partial charge in [-0.3, -0.25) is 4.99 Å². The number of hydrogen-bond donors (Lipinski definition) is 2. The monoisotopic (exact) mass is 476 g/mol. The van der Waals surface area contributed by atoms with Crippen LogP contribution in [0.3, 0.4) is 0 Å². The third-order valence-electron chi connectivity index (χ3n) is 4.15. The van der Waals surface area contributed by atoms with Crippen molar-refractivity contribution >= 4 is 29.9 Å². The Morgan fingerprint density at radius 3 is 3.04 bits per heavy atom. The number of aromatic nitrogens is 3. The number of aryl methyl sites for hydroxylation is 1. The molecule has 2 aromatic rings. The van der Waals surface area contributed by atoms with Gasteiger partial charge in [0.05, 0.1) is 6.54 Å². The van der Waals surface area contributed by atoms with E-state index in [9.17, 15) is 8.78 Å². The molecule has 1 aromatic heterocycles. The van der Waals surface area contributed by atoms with Crippen LogP contribution < -0.4 is 10.6 Å². The van der Waals surface area contributed by atoms with Crippen LogP contribution in [-0.2, 0) is 19.4 Å². The molecule has 0 fully saturated rings. The molecule has 2 N–H and O–H groups in total. The molecule has 0 spiro atoms. The Bertz CT molecular complexity index is 749. The van der Waals surface area contributed by atoms with E-state index in [2.05, 4.69) is 25.7 Å². The molecule has 1 aliphatic rings. The van der Waals surface area contributed by atoms with Crippen LogP contribution in [0.25, 0.3) is 0 Å². The topological polar surface area (TPSA) is 67.1 Å². The third kappa shape index (κ3) is 5.36. The number of halogens is 3. The largest absolute Gasteiger partial charge is 0.357 e. The van der Waals surface area contributed by atoms with Gasteiger partial charge in [-0.1, -0.05) is 0 Å². The second kappa shape index (κ2) is 9.79. The van der Waals surface area contributed by atoms with Crippen molar-refractivity contribution in [2.75, 3.05) is 13.1 Å². The first-order valence-electron chi connectivity index (χ1n) is 8.51. The van der Waals surface area contributed by atoms with Gasteiger partial charge in [-0.05, 0) is 43.5 Å². The van der Waals surface area contributed by atoms with Gasteiger partial charge in [-0.2, -0.15) is 5.10 Å². The maximum Gasteiger partial charge on any atom is 0.191 e. The summed E-state index contributed by atoms with van der Waals surface area (Å²) in [6.45, 7) is 3.82. The van der Waals surface area contributed by atoms with Crippen LogP contribution in [0, 0.1) is 11.6 Å². The van der Waals surface area contributed by atoms with Gasteiger partial charge in [0.2, 0.25) is 0 Å². The van der Waals surface area contributed by atoms with E-state index in [0.29, 0.717) is 24.5 Å². The molecule has 2 heterocycles. The van der Waals surface area contributed by atoms with E-state index < -0.39 is 11.6 Å². The number of nitrogens with zero attached hydrogens (tertiary/aromatic N) is 4. The zero-order valence-corrected chi connectivity index (χ0v) is 16.9. The maximum atomic E-state index is 13.7. The lowest BCUT2D eigenvalue weighted by Crippen LogP contribution is -2.47. The molecule has 0 radical (unpaired) electrons. The van der Waals surface area contributed by atoms with Gasteiger partial charge in [0, 0.05) is 25.6 Å². The van der Waals surface area contributed by atoms with Crippen LogP contribution >= 0.6 is 24.0 Å². The Morgan fingerprint density at radius 1 is 1.38 bits per heavy atom. The Morgan fingerprint density at radius 2 is 2.23 bits per heavy atom. The van der Waals surface area contributed by atoms with Gasteiger partial charge < -0.3 is 10.6 Å². The van der Waals surface area contributed by atoms with E-state index in [1.165, 1.54) is 6.07 Å². The number of rotatable bonds is 5. The van der Waals surface area contributed by atoms with Crippen molar-refractivity contribution < 1.29 is 8.78 Å². The fourth-order valence-corrected chi connectivity index (χ4v) is 2.89. The summed E-state index contributed by atoms with van der Waals surface area (Å²) < 4.78 is 28.8. The highest BCUT2D eigenvalue weighted by Crippen LogP contribution is 2.12. The minimum atomic E-state index is -0.434. The van der Waals surface area contributed by atoms with E-state index >= 15 is 0 Å². The Labute approximate surface area is 168 Å². The quantitative estimate of drug-likeness (QED) is 0.395. The highest BCUT2D eigenvalue weighted by atomic mass is 127. The highest BCUT2D eigenvalue weighted by molar-refractivity contribution is 14.0. The van der Waals surface area contributed by atoms with Crippen LogP contribution in [0.1, 0.15) is 24.7 Å². The van der Waals surface area contributed by atoms with E-state index in [1.54, 1.807) is 6.33 Å². The minimum absolute atomic E-state index is 0. The second-order valence-corrected chi connectivity index (χ2v) is 5.98. The van der Waals surface area contributed by atoms with Crippen molar-refractivity contribution in [3.63, 3.8) is 0 Å². The molecule has 6 nitrogen and oxygen atoms in total. The predicted octanol–water partition coefficient (Wildman–Crippen LogP) is 2.29. The average Bonchev–Trinajstić information content (AvgIpc) is 3.06. The summed E-state index contributed by atoms with van der Waals surface area (Å²) in [7, 11) is 0. The average molecular weight is 476 g/mol. The molecular formula is C17H23F2IN6. The fourth-order valence-electron chi connectivity index (χ4n) is 2.89. The first kappa shape index (κ1) is 20.5. The summed E-state index contributed by atoms with van der Waals surface area (Å²) >= 11 is 0. The summed E-state index contributed by atoms with van der Waals surface area (Å²) in [5.41, 5.74) is 0.338. The number of nitrogens with one attached hydrogen (secondary N) is 2. The lowest BCUT2D eigenvalue weighted by molar-refractivity contribution is 0.393. The van der Waals surface area contributed by atoms with Crippen molar-refractivity contribution in [1.82, 2.24) is 25.4 Å². The molecule has 26 heavy (non-hydrogen) atoms. The minimum Gasteiger partial charge on any atom is -0.357 e. The molecule has 0 amide bonds. The second-order valence-electron chi connectivity index (χ2n) is 5.98. The number of benzene rings is 1. The van der Waals surface area contributed by atoms with Crippen molar-refractivity contribution in [1.29, 1.82) is 0 Å². The van der Waals surface area contributed by atoms with Crippen LogP contribution in [0.5, 0.6) is 0 Å². The number of guanidine groups is 1. The summed E-state index contributed by atoms with van der Waals surface area (Å²) in [6, 6.07) is 3.70. The summed E-state index contributed by atoms with van der Waals surface area (Å²) in [5, 5.41) is 10.8. The van der Waals surface area contributed by atoms with Gasteiger partial charge >= 0.3 is 0 Å². The van der Waals surface area contributed by atoms with E-state index in [-0.39, 0.29) is 30.0 Å². The van der Waals surface area contributed by atoms with Crippen molar-refractivity contribution in [2.24, 2.45) is 4.99 Å². The molecule has 0 saturated heterocycles. The predicted molar refractivity (Wildman–Crippen MR) is 107 cm³/mol. The standard InChI is InChI=1S/C17H22F2N6.HI/c1-2-20-17(21-8-7-12-9-13(18)3-5-15(12)19)24-14-4-6-16-22-11-23-25(16)10-14;/h3,5,9,11,14H,2,4,6-8,10H2,1H3,(H2,20,21,24);1H. The third-order valence-corrected chi connectivity index (χ3v) is 4.15. The lowest BCUT2D eigenvalue weighted by Gasteiger charge is -2.25. The summed E-state index contributed by atoms with van der Waals surface area (Å²) in [5.74, 6) is 0.839. The Hall–Kier alpha value is -1.78. The fraction of sp³-hybridized carbons (Fsp3) is 0.471. The molecular weight excluding hydrogens is 453 g/mol. The zero-order valence-electron chi connectivity index (χ0n) is 14.6. The zero-order chi connectivity index (χ0) is 17.6. The van der Waals surface area contributed by atoms with Crippen LogP contribution in [0.15, 0.2) is 29.5 Å². The molecule has 1 atom stereocenters. The van der Waals surface area contributed by atoms with Gasteiger partial charge in [-0.25, -0.2) is 18.4 Å². The molecule has 0 bridgehead atoms. The molecule has 1 aliphatic heterocycles. The molecule has 1 aromatic carbocycles. The van der Waals surface area contributed by atoms with Gasteiger partial charge in [0.15, 0.2) is 5.96 Å². The molecule has 3 rings (SSSR count). The Kier molecular flexibility index (Phi) is 7.73. The number of fused-ring (bicyclic) bond motifs is 1. The number of aliphatic imine (C=N–C) groups is 1. The molecule has 142 valence electrons. The maximum absolute atomic E-state index is 13.7. The van der Waals surface area contributed by atoms with Gasteiger partial charge in [0.1, 0.15) is 23.8 Å². The normalized spacial score (nSPS) is 16.6. The SMILES string of the molecule is CCNC(=NCCc1cc(F)ccc1F)NC1CCc2ncnn2C1.I. The highest BCUT2D eigenvalue weighted by Gasteiger charge is 2.20. The molecule has 1 unspecified atom stereocenters. The molecule has 0 aliphatic carbocycles. The summed E-state index contributed by atoms with van der Waals surface area (Å²) in [6.07, 6.45) is 3.73. The van der Waals surface area contributed by atoms with Crippen LogP contribution in [0.2, 0.25) is 0 Å². The van der Waals surface area contributed by atoms with Crippen molar-refractivity contribution in [3.8, 4) is 0 Å². The first-order chi connectivity index (χ1) is 12.2. The van der Waals surface area contributed by atoms with Crippen LogP contribution in [0.4, 0.5) is 8.78 Å². The van der Waals surface area contributed by atoms with E-state index in [0.717, 1.165) is 43.9 Å². The van der Waals surface area contributed by atoms with Gasteiger partial charge in [-0.15, -0.1) is 24.0 Å². The first-order valence-corrected chi connectivity index (χ1v) is 8.51.